The summed E-state index contributed by atoms with van der Waals surface area (Å²) in [6.45, 7) is 13.0. The van der Waals surface area contributed by atoms with Crippen LogP contribution in [-0.4, -0.2) is 66.1 Å². The summed E-state index contributed by atoms with van der Waals surface area (Å²) in [5.74, 6) is 0.134. The van der Waals surface area contributed by atoms with Crippen molar-refractivity contribution in [2.75, 3.05) is 39.4 Å². The molecule has 0 radical (unpaired) electrons. The summed E-state index contributed by atoms with van der Waals surface area (Å²) >= 11 is 1.50. The van der Waals surface area contributed by atoms with Gasteiger partial charge in [-0.05, 0) is 27.7 Å². The largest absolute Gasteiger partial charge is 0.380 e. The SMILES string of the molecule is CCOCCN1CCN(C(=O)c2sc(C)nc2C)C[C@H]1C. The minimum atomic E-state index is 0.134. The first-order valence-corrected chi connectivity index (χ1v) is 8.39. The number of piperazine rings is 1. The molecule has 0 aromatic carbocycles. The number of aryl methyl sites for hydroxylation is 2. The van der Waals surface area contributed by atoms with E-state index in [2.05, 4.69) is 16.8 Å². The number of aromatic nitrogens is 1. The van der Waals surface area contributed by atoms with E-state index >= 15 is 0 Å². The molecular formula is C15H25N3O2S. The zero-order valence-corrected chi connectivity index (χ0v) is 14.2. The molecule has 0 unspecified atom stereocenters. The molecule has 1 saturated heterocycles. The molecule has 0 bridgehead atoms. The van der Waals surface area contributed by atoms with Gasteiger partial charge in [-0.15, -0.1) is 11.3 Å². The first kappa shape index (κ1) is 16.4. The number of thiazole rings is 1. The predicted octanol–water partition coefficient (Wildman–Crippen LogP) is 1.94. The molecule has 0 aliphatic carbocycles. The van der Waals surface area contributed by atoms with Crippen LogP contribution in [0.4, 0.5) is 0 Å². The zero-order chi connectivity index (χ0) is 15.4. The number of nitrogens with zero attached hydrogens (tertiary/aromatic N) is 3. The van der Waals surface area contributed by atoms with Gasteiger partial charge in [0.1, 0.15) is 4.88 Å². The Bertz CT molecular complexity index is 489. The second-order valence-electron chi connectivity index (χ2n) is 5.48. The topological polar surface area (TPSA) is 45.7 Å². The second-order valence-corrected chi connectivity index (χ2v) is 6.68. The van der Waals surface area contributed by atoms with Gasteiger partial charge in [-0.25, -0.2) is 4.98 Å². The molecule has 1 fully saturated rings. The molecule has 5 nitrogen and oxygen atoms in total. The van der Waals surface area contributed by atoms with Gasteiger partial charge in [-0.3, -0.25) is 9.69 Å². The van der Waals surface area contributed by atoms with Crippen molar-refractivity contribution in [2.24, 2.45) is 0 Å². The molecule has 2 heterocycles. The van der Waals surface area contributed by atoms with Gasteiger partial charge >= 0.3 is 0 Å². The highest BCUT2D eigenvalue weighted by atomic mass is 32.1. The van der Waals surface area contributed by atoms with Crippen molar-refractivity contribution in [1.82, 2.24) is 14.8 Å². The highest BCUT2D eigenvalue weighted by Gasteiger charge is 2.28. The Morgan fingerprint density at radius 1 is 1.43 bits per heavy atom. The van der Waals surface area contributed by atoms with Gasteiger partial charge in [-0.1, -0.05) is 0 Å². The number of ether oxygens (including phenoxy) is 1. The Labute approximate surface area is 130 Å². The average Bonchev–Trinajstić information content (AvgIpc) is 2.79. The van der Waals surface area contributed by atoms with Gasteiger partial charge in [0, 0.05) is 38.8 Å². The number of hydrogen-bond donors (Lipinski definition) is 0. The first-order chi connectivity index (χ1) is 10.0. The number of rotatable bonds is 5. The van der Waals surface area contributed by atoms with Gasteiger partial charge in [0.25, 0.3) is 5.91 Å². The summed E-state index contributed by atoms with van der Waals surface area (Å²) < 4.78 is 5.42. The van der Waals surface area contributed by atoms with Gasteiger partial charge in [-0.2, -0.15) is 0 Å². The van der Waals surface area contributed by atoms with Crippen LogP contribution in [0, 0.1) is 13.8 Å². The van der Waals surface area contributed by atoms with E-state index in [1.165, 1.54) is 11.3 Å². The Kier molecular flexibility index (Phi) is 5.72. The fourth-order valence-electron chi connectivity index (χ4n) is 2.71. The van der Waals surface area contributed by atoms with Crippen molar-refractivity contribution < 1.29 is 9.53 Å². The fraction of sp³-hybridized carbons (Fsp3) is 0.733. The van der Waals surface area contributed by atoms with Crippen molar-refractivity contribution in [3.8, 4) is 0 Å². The van der Waals surface area contributed by atoms with Crippen LogP contribution < -0.4 is 0 Å². The molecule has 118 valence electrons. The van der Waals surface area contributed by atoms with Crippen LogP contribution in [0.1, 0.15) is 34.2 Å². The third kappa shape index (κ3) is 4.02. The first-order valence-electron chi connectivity index (χ1n) is 7.58. The lowest BCUT2D eigenvalue weighted by atomic mass is 10.2. The Hall–Kier alpha value is -0.980. The number of hydrogen-bond acceptors (Lipinski definition) is 5. The Balaban J connectivity index is 1.92. The van der Waals surface area contributed by atoms with Gasteiger partial charge < -0.3 is 9.64 Å². The molecule has 21 heavy (non-hydrogen) atoms. The van der Waals surface area contributed by atoms with E-state index in [1.54, 1.807) is 0 Å². The highest BCUT2D eigenvalue weighted by Crippen LogP contribution is 2.21. The number of carbonyl (C=O) groups is 1. The maximum Gasteiger partial charge on any atom is 0.265 e. The third-order valence-electron chi connectivity index (χ3n) is 3.88. The normalized spacial score (nSPS) is 20.0. The average molecular weight is 311 g/mol. The maximum absolute atomic E-state index is 12.6. The molecule has 0 saturated carbocycles. The summed E-state index contributed by atoms with van der Waals surface area (Å²) in [4.78, 5) is 22.1. The van der Waals surface area contributed by atoms with E-state index in [1.807, 2.05) is 25.7 Å². The van der Waals surface area contributed by atoms with E-state index < -0.39 is 0 Å². The summed E-state index contributed by atoms with van der Waals surface area (Å²) in [6, 6.07) is 0.373. The minimum Gasteiger partial charge on any atom is -0.380 e. The standard InChI is InChI=1S/C15H25N3O2S/c1-5-20-9-8-17-6-7-18(10-11(17)2)15(19)14-12(3)16-13(4)21-14/h11H,5-10H2,1-4H3/t11-/m1/s1. The van der Waals surface area contributed by atoms with E-state index in [4.69, 9.17) is 4.74 Å². The van der Waals surface area contributed by atoms with Crippen LogP contribution >= 0.6 is 11.3 Å². The Morgan fingerprint density at radius 3 is 2.76 bits per heavy atom. The van der Waals surface area contributed by atoms with Crippen LogP contribution in [0.15, 0.2) is 0 Å². The minimum absolute atomic E-state index is 0.134. The molecule has 0 spiro atoms. The molecular weight excluding hydrogens is 286 g/mol. The molecule has 6 heteroatoms. The summed E-state index contributed by atoms with van der Waals surface area (Å²) in [6.07, 6.45) is 0. The smallest absolute Gasteiger partial charge is 0.265 e. The van der Waals surface area contributed by atoms with Crippen LogP contribution in [0.3, 0.4) is 0 Å². The summed E-state index contributed by atoms with van der Waals surface area (Å²) in [5, 5.41) is 0.958. The van der Waals surface area contributed by atoms with Gasteiger partial charge in [0.2, 0.25) is 0 Å². The van der Waals surface area contributed by atoms with E-state index in [9.17, 15) is 4.79 Å². The highest BCUT2D eigenvalue weighted by molar-refractivity contribution is 7.13. The maximum atomic E-state index is 12.6. The van der Waals surface area contributed by atoms with Crippen molar-refractivity contribution in [3.05, 3.63) is 15.6 Å². The molecule has 0 N–H and O–H groups in total. The molecule has 1 atom stereocenters. The number of amides is 1. The van der Waals surface area contributed by atoms with Crippen molar-refractivity contribution in [3.63, 3.8) is 0 Å². The molecule has 1 aromatic rings. The van der Waals surface area contributed by atoms with Gasteiger partial charge in [0.05, 0.1) is 17.3 Å². The quantitative estimate of drug-likeness (QED) is 0.780. The fourth-order valence-corrected chi connectivity index (χ4v) is 3.60. The lowest BCUT2D eigenvalue weighted by Crippen LogP contribution is -2.54. The molecule has 1 amide bonds. The van der Waals surface area contributed by atoms with Crippen molar-refractivity contribution in [1.29, 1.82) is 0 Å². The lowest BCUT2D eigenvalue weighted by Gasteiger charge is -2.39. The second kappa shape index (κ2) is 7.33. The summed E-state index contributed by atoms with van der Waals surface area (Å²) in [5.41, 5.74) is 0.855. The molecule has 1 aromatic heterocycles. The van der Waals surface area contributed by atoms with Crippen molar-refractivity contribution in [2.45, 2.75) is 33.7 Å². The monoisotopic (exact) mass is 311 g/mol. The van der Waals surface area contributed by atoms with E-state index in [0.29, 0.717) is 6.04 Å². The predicted molar refractivity (Wildman–Crippen MR) is 85.0 cm³/mol. The van der Waals surface area contributed by atoms with E-state index in [0.717, 1.165) is 55.0 Å². The Morgan fingerprint density at radius 2 is 2.19 bits per heavy atom. The van der Waals surface area contributed by atoms with Crippen molar-refractivity contribution >= 4 is 17.2 Å². The molecule has 2 rings (SSSR count). The molecule has 1 aliphatic rings. The van der Waals surface area contributed by atoms with Crippen LogP contribution in [-0.2, 0) is 4.74 Å². The van der Waals surface area contributed by atoms with Gasteiger partial charge in [0.15, 0.2) is 0 Å². The third-order valence-corrected chi connectivity index (χ3v) is 4.94. The van der Waals surface area contributed by atoms with E-state index in [-0.39, 0.29) is 5.91 Å². The van der Waals surface area contributed by atoms with Crippen LogP contribution in [0.25, 0.3) is 0 Å². The lowest BCUT2D eigenvalue weighted by molar-refractivity contribution is 0.0395. The van der Waals surface area contributed by atoms with Crippen LogP contribution in [0.2, 0.25) is 0 Å². The number of carbonyl (C=O) groups excluding carboxylic acids is 1. The van der Waals surface area contributed by atoms with Crippen LogP contribution in [0.5, 0.6) is 0 Å². The zero-order valence-electron chi connectivity index (χ0n) is 13.4. The summed E-state index contributed by atoms with van der Waals surface area (Å²) in [7, 11) is 0. The molecule has 1 aliphatic heterocycles.